The summed E-state index contributed by atoms with van der Waals surface area (Å²) in [5.41, 5.74) is 2.23. The van der Waals surface area contributed by atoms with Gasteiger partial charge in [0.15, 0.2) is 0 Å². The van der Waals surface area contributed by atoms with Crippen LogP contribution >= 0.6 is 0 Å². The van der Waals surface area contributed by atoms with E-state index in [1.165, 1.54) is 0 Å². The number of aromatic nitrogens is 3. The Morgan fingerprint density at radius 3 is 2.56 bits per heavy atom. The summed E-state index contributed by atoms with van der Waals surface area (Å²) < 4.78 is 0. The number of hydrogen-bond acceptors (Lipinski definition) is 5. The third-order valence-electron chi connectivity index (χ3n) is 3.69. The Morgan fingerprint density at radius 2 is 1.80 bits per heavy atom. The van der Waals surface area contributed by atoms with Crippen LogP contribution in [0.1, 0.15) is 34.7 Å². The third-order valence-corrected chi connectivity index (χ3v) is 3.69. The molecule has 126 valence electrons. The van der Waals surface area contributed by atoms with Gasteiger partial charge in [0.1, 0.15) is 5.69 Å². The fourth-order valence-corrected chi connectivity index (χ4v) is 2.34. The normalized spacial score (nSPS) is 11.6. The monoisotopic (exact) mass is 333 g/mol. The van der Waals surface area contributed by atoms with Crippen LogP contribution in [0.25, 0.3) is 0 Å². The van der Waals surface area contributed by atoms with Gasteiger partial charge in [-0.1, -0.05) is 36.4 Å². The molecule has 0 bridgehead atoms. The van der Waals surface area contributed by atoms with Crippen LogP contribution in [0.15, 0.2) is 67.0 Å². The predicted molar refractivity (Wildman–Crippen MR) is 95.9 cm³/mol. The lowest BCUT2D eigenvalue weighted by Crippen LogP contribution is -2.24. The van der Waals surface area contributed by atoms with Crippen molar-refractivity contribution in [1.82, 2.24) is 20.3 Å². The van der Waals surface area contributed by atoms with Crippen LogP contribution in [0.5, 0.6) is 0 Å². The lowest BCUT2D eigenvalue weighted by molar-refractivity contribution is 0.0945. The van der Waals surface area contributed by atoms with E-state index in [4.69, 9.17) is 0 Å². The van der Waals surface area contributed by atoms with Gasteiger partial charge >= 0.3 is 0 Å². The maximum atomic E-state index is 12.3. The average molecular weight is 333 g/mol. The summed E-state index contributed by atoms with van der Waals surface area (Å²) in [6.07, 6.45) is 3.27. The molecule has 6 nitrogen and oxygen atoms in total. The van der Waals surface area contributed by atoms with Gasteiger partial charge in [-0.15, -0.1) is 0 Å². The van der Waals surface area contributed by atoms with Gasteiger partial charge in [0, 0.05) is 12.4 Å². The molecule has 1 amide bonds. The van der Waals surface area contributed by atoms with E-state index in [1.807, 2.05) is 55.5 Å². The van der Waals surface area contributed by atoms with Crippen molar-refractivity contribution in [3.63, 3.8) is 0 Å². The molecular weight excluding hydrogens is 314 g/mol. The number of amides is 1. The molecule has 6 heteroatoms. The maximum absolute atomic E-state index is 12.3. The van der Waals surface area contributed by atoms with Crippen molar-refractivity contribution in [1.29, 1.82) is 0 Å². The number of pyridine rings is 1. The van der Waals surface area contributed by atoms with E-state index < -0.39 is 0 Å². The first-order chi connectivity index (χ1) is 12.2. The molecule has 25 heavy (non-hydrogen) atoms. The van der Waals surface area contributed by atoms with Crippen molar-refractivity contribution in [3.05, 3.63) is 83.9 Å². The number of nitrogens with one attached hydrogen (secondary N) is 2. The van der Waals surface area contributed by atoms with E-state index in [0.717, 1.165) is 11.3 Å². The molecule has 0 saturated carbocycles. The summed E-state index contributed by atoms with van der Waals surface area (Å²) >= 11 is 0. The van der Waals surface area contributed by atoms with Crippen molar-refractivity contribution in [2.45, 2.75) is 19.5 Å². The Balaban J connectivity index is 1.63. The largest absolute Gasteiger partial charge is 0.348 e. The van der Waals surface area contributed by atoms with Gasteiger partial charge in [-0.05, 0) is 30.7 Å². The smallest absolute Gasteiger partial charge is 0.270 e. The molecule has 0 aliphatic carbocycles. The highest BCUT2D eigenvalue weighted by Gasteiger charge is 2.11. The Kier molecular flexibility index (Phi) is 5.31. The van der Waals surface area contributed by atoms with Gasteiger partial charge in [0.2, 0.25) is 5.95 Å². The van der Waals surface area contributed by atoms with Gasteiger partial charge < -0.3 is 10.6 Å². The molecule has 3 rings (SSSR count). The van der Waals surface area contributed by atoms with Crippen molar-refractivity contribution in [2.24, 2.45) is 0 Å². The minimum atomic E-state index is -0.261. The summed E-state index contributed by atoms with van der Waals surface area (Å²) in [6.45, 7) is 2.37. The highest BCUT2D eigenvalue weighted by Crippen LogP contribution is 2.16. The molecule has 2 aromatic heterocycles. The summed E-state index contributed by atoms with van der Waals surface area (Å²) in [5.74, 6) is 0.158. The number of carbonyl (C=O) groups excluding carboxylic acids is 1. The quantitative estimate of drug-likeness (QED) is 0.725. The van der Waals surface area contributed by atoms with Crippen LogP contribution in [0.2, 0.25) is 0 Å². The number of anilines is 1. The van der Waals surface area contributed by atoms with E-state index in [-0.39, 0.29) is 11.9 Å². The molecular formula is C19H19N5O. The Labute approximate surface area is 146 Å². The van der Waals surface area contributed by atoms with E-state index in [1.54, 1.807) is 18.5 Å². The van der Waals surface area contributed by atoms with Gasteiger partial charge in [0.05, 0.1) is 18.3 Å². The van der Waals surface area contributed by atoms with Crippen LogP contribution in [-0.4, -0.2) is 20.9 Å². The molecule has 0 spiro atoms. The SMILES string of the molecule is CC(Nc1nccc(C(=O)NCc2ccccn2)n1)c1ccccc1. The second-order valence-electron chi connectivity index (χ2n) is 5.55. The minimum absolute atomic E-state index is 0.0352. The first-order valence-electron chi connectivity index (χ1n) is 8.05. The van der Waals surface area contributed by atoms with Gasteiger partial charge in [-0.2, -0.15) is 0 Å². The average Bonchev–Trinajstić information content (AvgIpc) is 2.68. The fourth-order valence-electron chi connectivity index (χ4n) is 2.34. The summed E-state index contributed by atoms with van der Waals surface area (Å²) in [7, 11) is 0. The summed E-state index contributed by atoms with van der Waals surface area (Å²) in [4.78, 5) is 24.9. The molecule has 2 heterocycles. The molecule has 1 atom stereocenters. The first kappa shape index (κ1) is 16.6. The van der Waals surface area contributed by atoms with Gasteiger partial charge in [0.25, 0.3) is 5.91 Å². The minimum Gasteiger partial charge on any atom is -0.348 e. The lowest BCUT2D eigenvalue weighted by Gasteiger charge is -2.14. The van der Waals surface area contributed by atoms with Crippen molar-refractivity contribution < 1.29 is 4.79 Å². The van der Waals surface area contributed by atoms with Crippen molar-refractivity contribution in [3.8, 4) is 0 Å². The van der Waals surface area contributed by atoms with Crippen LogP contribution < -0.4 is 10.6 Å². The fraction of sp³-hybridized carbons (Fsp3) is 0.158. The Morgan fingerprint density at radius 1 is 1.00 bits per heavy atom. The van der Waals surface area contributed by atoms with Gasteiger partial charge in [-0.25, -0.2) is 9.97 Å². The van der Waals surface area contributed by atoms with E-state index in [0.29, 0.717) is 18.2 Å². The van der Waals surface area contributed by atoms with Crippen LogP contribution in [0.4, 0.5) is 5.95 Å². The number of carbonyl (C=O) groups is 1. The van der Waals surface area contributed by atoms with Crippen LogP contribution in [-0.2, 0) is 6.54 Å². The second kappa shape index (κ2) is 8.01. The van der Waals surface area contributed by atoms with Crippen LogP contribution in [0.3, 0.4) is 0 Å². The number of rotatable bonds is 6. The first-order valence-corrected chi connectivity index (χ1v) is 8.05. The summed E-state index contributed by atoms with van der Waals surface area (Å²) in [6, 6.07) is 17.2. The van der Waals surface area contributed by atoms with Crippen LogP contribution in [0, 0.1) is 0 Å². The molecule has 3 aromatic rings. The molecule has 0 aliphatic rings. The van der Waals surface area contributed by atoms with Crippen molar-refractivity contribution >= 4 is 11.9 Å². The predicted octanol–water partition coefficient (Wildman–Crippen LogP) is 2.97. The topological polar surface area (TPSA) is 79.8 Å². The number of benzene rings is 1. The van der Waals surface area contributed by atoms with Crippen molar-refractivity contribution in [2.75, 3.05) is 5.32 Å². The highest BCUT2D eigenvalue weighted by atomic mass is 16.1. The van der Waals surface area contributed by atoms with E-state index in [2.05, 4.69) is 25.6 Å². The molecule has 1 unspecified atom stereocenters. The maximum Gasteiger partial charge on any atom is 0.270 e. The van der Waals surface area contributed by atoms with E-state index in [9.17, 15) is 4.79 Å². The third kappa shape index (κ3) is 4.60. The van der Waals surface area contributed by atoms with E-state index >= 15 is 0 Å². The number of hydrogen-bond donors (Lipinski definition) is 2. The zero-order valence-electron chi connectivity index (χ0n) is 13.9. The molecule has 0 saturated heterocycles. The Bertz CT molecular complexity index is 823. The summed E-state index contributed by atoms with van der Waals surface area (Å²) in [5, 5.41) is 6.02. The number of nitrogens with zero attached hydrogens (tertiary/aromatic N) is 3. The second-order valence-corrected chi connectivity index (χ2v) is 5.55. The highest BCUT2D eigenvalue weighted by molar-refractivity contribution is 5.92. The molecule has 1 aromatic carbocycles. The Hall–Kier alpha value is -3.28. The molecule has 2 N–H and O–H groups in total. The molecule has 0 radical (unpaired) electrons. The molecule has 0 aliphatic heterocycles. The van der Waals surface area contributed by atoms with Gasteiger partial charge in [-0.3, -0.25) is 9.78 Å². The zero-order chi connectivity index (χ0) is 17.5. The molecule has 0 fully saturated rings. The lowest BCUT2D eigenvalue weighted by atomic mass is 10.1. The standard InChI is InChI=1S/C19H19N5O/c1-14(15-7-3-2-4-8-15)23-19-21-12-10-17(24-19)18(25)22-13-16-9-5-6-11-20-16/h2-12,14H,13H2,1H3,(H,22,25)(H,21,23,24). The zero-order valence-corrected chi connectivity index (χ0v) is 13.9.